The molecule has 0 unspecified atom stereocenters. The molecule has 4 N–H and O–H groups in total. The molecule has 1 amide bonds. The van der Waals surface area contributed by atoms with Gasteiger partial charge in [0, 0.05) is 22.6 Å². The molecular weight excluding hydrogens is 484 g/mol. The SMILES string of the molecule is CCCCCCCCCCCC/C=C/[C@H](O)[C@H](COP(=O)(O)O)NC(=O)I. The van der Waals surface area contributed by atoms with Crippen LogP contribution in [0.2, 0.25) is 0 Å². The van der Waals surface area contributed by atoms with Gasteiger partial charge in [-0.15, -0.1) is 0 Å². The van der Waals surface area contributed by atoms with Gasteiger partial charge in [-0.3, -0.25) is 9.32 Å². The summed E-state index contributed by atoms with van der Waals surface area (Å²) in [5, 5.41) is 12.5. The van der Waals surface area contributed by atoms with Crippen LogP contribution in [0, 0.1) is 0 Å². The summed E-state index contributed by atoms with van der Waals surface area (Å²) in [5.74, 6) is 0. The Labute approximate surface area is 176 Å². The lowest BCUT2D eigenvalue weighted by molar-refractivity contribution is 0.117. The van der Waals surface area contributed by atoms with Crippen molar-refractivity contribution < 1.29 is 28.8 Å². The molecule has 2 atom stereocenters. The average Bonchev–Trinajstić information content (AvgIpc) is 2.58. The molecule has 0 heterocycles. The highest BCUT2D eigenvalue weighted by molar-refractivity contribution is 14.1. The van der Waals surface area contributed by atoms with Crippen LogP contribution in [0.3, 0.4) is 0 Å². The van der Waals surface area contributed by atoms with Crippen LogP contribution in [-0.2, 0) is 9.09 Å². The molecule has 0 aromatic rings. The maximum atomic E-state index is 11.1. The summed E-state index contributed by atoms with van der Waals surface area (Å²) < 4.78 is 14.7. The molecule has 0 aliphatic carbocycles. The van der Waals surface area contributed by atoms with E-state index in [1.54, 1.807) is 0 Å². The molecule has 0 radical (unpaired) electrons. The zero-order valence-corrected chi connectivity index (χ0v) is 19.2. The van der Waals surface area contributed by atoms with Crippen molar-refractivity contribution in [3.05, 3.63) is 12.2 Å². The normalized spacial score (nSPS) is 14.4. The van der Waals surface area contributed by atoms with Crippen molar-refractivity contribution in [2.45, 2.75) is 89.7 Å². The van der Waals surface area contributed by atoms with Crippen molar-refractivity contribution in [2.75, 3.05) is 6.61 Å². The van der Waals surface area contributed by atoms with Crippen LogP contribution in [0.4, 0.5) is 4.79 Å². The molecule has 0 aliphatic rings. The van der Waals surface area contributed by atoms with Crippen LogP contribution in [0.5, 0.6) is 0 Å². The van der Waals surface area contributed by atoms with Gasteiger partial charge < -0.3 is 20.2 Å². The first-order valence-corrected chi connectivity index (χ1v) is 12.4. The molecule has 0 saturated carbocycles. The minimum Gasteiger partial charge on any atom is -0.387 e. The Morgan fingerprint density at radius 1 is 1.07 bits per heavy atom. The summed E-state index contributed by atoms with van der Waals surface area (Å²) in [6.45, 7) is 1.76. The number of hydrogen-bond donors (Lipinski definition) is 4. The number of nitrogens with one attached hydrogen (secondary N) is 1. The van der Waals surface area contributed by atoms with Crippen molar-refractivity contribution >= 4 is 34.3 Å². The van der Waals surface area contributed by atoms with Crippen molar-refractivity contribution in [3.63, 3.8) is 0 Å². The van der Waals surface area contributed by atoms with Crippen LogP contribution in [0.1, 0.15) is 77.6 Å². The molecular formula is C18H35INO6P. The fourth-order valence-corrected chi connectivity index (χ4v) is 3.42. The highest BCUT2D eigenvalue weighted by Crippen LogP contribution is 2.35. The minimum absolute atomic E-state index is 0.436. The monoisotopic (exact) mass is 519 g/mol. The lowest BCUT2D eigenvalue weighted by Gasteiger charge is -2.21. The van der Waals surface area contributed by atoms with E-state index in [2.05, 4.69) is 16.8 Å². The van der Waals surface area contributed by atoms with Gasteiger partial charge in [0.05, 0.1) is 18.8 Å². The molecule has 0 fully saturated rings. The molecule has 27 heavy (non-hydrogen) atoms. The van der Waals surface area contributed by atoms with E-state index in [1.165, 1.54) is 80.0 Å². The van der Waals surface area contributed by atoms with Crippen LogP contribution in [-0.4, -0.2) is 37.6 Å². The van der Waals surface area contributed by atoms with Crippen molar-refractivity contribution in [1.29, 1.82) is 0 Å². The number of halogens is 1. The Balaban J connectivity index is 3.89. The zero-order chi connectivity index (χ0) is 20.5. The number of unbranched alkanes of at least 4 members (excludes halogenated alkanes) is 10. The van der Waals surface area contributed by atoms with E-state index in [4.69, 9.17) is 9.79 Å². The van der Waals surface area contributed by atoms with Gasteiger partial charge in [0.2, 0.25) is 0 Å². The standard InChI is InChI=1S/C18H35INO6P/c1-2-3-4-5-6-7-8-9-10-11-12-13-14-17(21)16(20-18(19)22)15-26-27(23,24)25/h13-14,16-17,21H,2-12,15H2,1H3,(H,20,22)(H2,23,24,25)/b14-13+/t16-,17-/m0/s1. The van der Waals surface area contributed by atoms with E-state index in [9.17, 15) is 14.5 Å². The van der Waals surface area contributed by atoms with E-state index < -0.39 is 30.5 Å². The smallest absolute Gasteiger partial charge is 0.387 e. The summed E-state index contributed by atoms with van der Waals surface area (Å²) in [4.78, 5) is 28.6. The molecule has 0 spiro atoms. The molecule has 0 aromatic heterocycles. The number of phosphoric acid groups is 1. The molecule has 0 rings (SSSR count). The van der Waals surface area contributed by atoms with Gasteiger partial charge in [-0.1, -0.05) is 76.9 Å². The second-order valence-electron chi connectivity index (χ2n) is 6.70. The van der Waals surface area contributed by atoms with E-state index in [0.29, 0.717) is 0 Å². The largest absolute Gasteiger partial charge is 0.469 e. The van der Waals surface area contributed by atoms with E-state index in [-0.39, 0.29) is 0 Å². The summed E-state index contributed by atoms with van der Waals surface area (Å²) in [6.07, 6.45) is 15.7. The van der Waals surface area contributed by atoms with E-state index >= 15 is 0 Å². The summed E-state index contributed by atoms with van der Waals surface area (Å²) in [6, 6.07) is -0.911. The van der Waals surface area contributed by atoms with Gasteiger partial charge in [0.25, 0.3) is 3.91 Å². The van der Waals surface area contributed by atoms with Gasteiger partial charge in [-0.2, -0.15) is 0 Å². The van der Waals surface area contributed by atoms with Gasteiger partial charge in [-0.05, 0) is 12.8 Å². The first-order valence-electron chi connectivity index (χ1n) is 9.77. The molecule has 0 bridgehead atoms. The topological polar surface area (TPSA) is 116 Å². The van der Waals surface area contributed by atoms with Crippen molar-refractivity contribution in [2.24, 2.45) is 0 Å². The number of phosphoric ester groups is 1. The van der Waals surface area contributed by atoms with Gasteiger partial charge in [-0.25, -0.2) is 4.57 Å². The van der Waals surface area contributed by atoms with Gasteiger partial charge in [0.1, 0.15) is 0 Å². The first kappa shape index (κ1) is 27.0. The third kappa shape index (κ3) is 19.1. The number of aliphatic hydroxyl groups excluding tert-OH is 1. The summed E-state index contributed by atoms with van der Waals surface area (Å²) >= 11 is 1.49. The lowest BCUT2D eigenvalue weighted by Crippen LogP contribution is -2.43. The maximum absolute atomic E-state index is 11.1. The van der Waals surface area contributed by atoms with Crippen LogP contribution in [0.15, 0.2) is 12.2 Å². The predicted octanol–water partition coefficient (Wildman–Crippen LogP) is 4.84. The number of carbonyl (C=O) groups excluding carboxylic acids is 1. The minimum atomic E-state index is -4.65. The maximum Gasteiger partial charge on any atom is 0.469 e. The molecule has 7 nitrogen and oxygen atoms in total. The van der Waals surface area contributed by atoms with E-state index in [0.717, 1.165) is 19.3 Å². The molecule has 160 valence electrons. The van der Waals surface area contributed by atoms with Crippen LogP contribution < -0.4 is 5.32 Å². The predicted molar refractivity (Wildman–Crippen MR) is 116 cm³/mol. The number of rotatable bonds is 17. The summed E-state index contributed by atoms with van der Waals surface area (Å²) in [5.41, 5.74) is 0. The Hall–Kier alpha value is 0.0100. The average molecular weight is 519 g/mol. The highest BCUT2D eigenvalue weighted by atomic mass is 127. The quantitative estimate of drug-likeness (QED) is 0.0546. The Morgan fingerprint density at radius 3 is 2.07 bits per heavy atom. The Morgan fingerprint density at radius 2 is 1.59 bits per heavy atom. The Kier molecular flexibility index (Phi) is 16.9. The zero-order valence-electron chi connectivity index (χ0n) is 16.2. The molecule has 0 saturated heterocycles. The number of amides is 1. The number of hydrogen-bond acceptors (Lipinski definition) is 4. The third-order valence-corrected chi connectivity index (χ3v) is 4.99. The van der Waals surface area contributed by atoms with Crippen LogP contribution >= 0.6 is 30.4 Å². The van der Waals surface area contributed by atoms with Gasteiger partial charge >= 0.3 is 7.82 Å². The Bertz CT molecular complexity index is 457. The molecule has 9 heteroatoms. The highest BCUT2D eigenvalue weighted by Gasteiger charge is 2.23. The van der Waals surface area contributed by atoms with Crippen molar-refractivity contribution in [3.8, 4) is 0 Å². The lowest BCUT2D eigenvalue weighted by atomic mass is 10.1. The van der Waals surface area contributed by atoms with Crippen molar-refractivity contribution in [1.82, 2.24) is 5.32 Å². The third-order valence-electron chi connectivity index (χ3n) is 4.19. The number of allylic oxidation sites excluding steroid dienone is 1. The van der Waals surface area contributed by atoms with Crippen LogP contribution in [0.25, 0.3) is 0 Å². The fourth-order valence-electron chi connectivity index (χ4n) is 2.67. The van der Waals surface area contributed by atoms with E-state index in [1.807, 2.05) is 6.08 Å². The summed E-state index contributed by atoms with van der Waals surface area (Å²) in [7, 11) is -4.65. The number of aliphatic hydroxyl groups is 1. The van der Waals surface area contributed by atoms with Gasteiger partial charge in [0.15, 0.2) is 0 Å². The second-order valence-corrected chi connectivity index (χ2v) is 8.92. The first-order chi connectivity index (χ1) is 12.8. The molecule has 0 aliphatic heterocycles. The number of carbonyl (C=O) groups is 1. The molecule has 0 aromatic carbocycles. The fraction of sp³-hybridized carbons (Fsp3) is 0.833. The second kappa shape index (κ2) is 16.9.